The van der Waals surface area contributed by atoms with Gasteiger partial charge < -0.3 is 11.5 Å². The van der Waals surface area contributed by atoms with Crippen molar-refractivity contribution >= 4 is 11.1 Å². The fourth-order valence-electron chi connectivity index (χ4n) is 3.28. The molecule has 0 bridgehead atoms. The summed E-state index contributed by atoms with van der Waals surface area (Å²) in [5.41, 5.74) is 17.8. The summed E-state index contributed by atoms with van der Waals surface area (Å²) in [6.45, 7) is 10.3. The molecule has 22 heavy (non-hydrogen) atoms. The van der Waals surface area contributed by atoms with Crippen LogP contribution >= 0.6 is 0 Å². The summed E-state index contributed by atoms with van der Waals surface area (Å²) in [6, 6.07) is 8.37. The van der Waals surface area contributed by atoms with Crippen molar-refractivity contribution in [3.05, 3.63) is 59.7 Å². The van der Waals surface area contributed by atoms with E-state index in [2.05, 4.69) is 56.8 Å². The van der Waals surface area contributed by atoms with Crippen LogP contribution in [0.15, 0.2) is 48.6 Å². The zero-order valence-electron chi connectivity index (χ0n) is 14.0. The molecule has 0 saturated heterocycles. The van der Waals surface area contributed by atoms with Gasteiger partial charge in [0.15, 0.2) is 0 Å². The van der Waals surface area contributed by atoms with E-state index in [0.29, 0.717) is 5.92 Å². The van der Waals surface area contributed by atoms with Crippen LogP contribution in [0, 0.1) is 5.92 Å². The van der Waals surface area contributed by atoms with Gasteiger partial charge in [-0.25, -0.2) is 0 Å². The first-order chi connectivity index (χ1) is 10.4. The molecule has 0 spiro atoms. The topological polar surface area (TPSA) is 52.0 Å². The molecule has 2 rings (SSSR count). The number of hydrogen-bond acceptors (Lipinski definition) is 2. The first-order valence-corrected chi connectivity index (χ1v) is 8.17. The van der Waals surface area contributed by atoms with Crippen LogP contribution < -0.4 is 11.5 Å². The van der Waals surface area contributed by atoms with E-state index >= 15 is 0 Å². The van der Waals surface area contributed by atoms with Gasteiger partial charge in [0, 0.05) is 0 Å². The molecule has 1 aromatic rings. The minimum Gasteiger partial charge on any atom is -0.306 e. The molecule has 0 amide bonds. The van der Waals surface area contributed by atoms with Crippen LogP contribution in [0.3, 0.4) is 0 Å². The van der Waals surface area contributed by atoms with Crippen molar-refractivity contribution in [3.63, 3.8) is 0 Å². The Bertz CT molecular complexity index is 603. The van der Waals surface area contributed by atoms with E-state index in [1.54, 1.807) is 0 Å². The average Bonchev–Trinajstić information content (AvgIpc) is 2.49. The number of rotatable bonds is 4. The molecule has 0 saturated carbocycles. The zero-order valence-corrected chi connectivity index (χ0v) is 14.0. The number of nitrogens with two attached hydrogens (primary N) is 2. The molecule has 0 aliphatic heterocycles. The standard InChI is InChI=1S/C20H28N2/c1-5-7-18-15(6-2)12-13-19(20(18,21)22)17-10-8-16(9-11-17)14(3)4/h7-11,13,15H,3,5-6,12,21-22H2,1-2,4H3/b18-7+. The van der Waals surface area contributed by atoms with Gasteiger partial charge in [0.25, 0.3) is 0 Å². The van der Waals surface area contributed by atoms with Gasteiger partial charge in [0.1, 0.15) is 5.66 Å². The minimum atomic E-state index is -0.875. The van der Waals surface area contributed by atoms with E-state index < -0.39 is 5.66 Å². The van der Waals surface area contributed by atoms with Gasteiger partial charge in [-0.2, -0.15) is 0 Å². The van der Waals surface area contributed by atoms with Crippen molar-refractivity contribution in [2.75, 3.05) is 0 Å². The van der Waals surface area contributed by atoms with Gasteiger partial charge in [-0.3, -0.25) is 0 Å². The van der Waals surface area contributed by atoms with E-state index in [1.807, 2.05) is 6.92 Å². The van der Waals surface area contributed by atoms with E-state index in [0.717, 1.165) is 41.5 Å². The lowest BCUT2D eigenvalue weighted by molar-refractivity contribution is 0.484. The molecule has 118 valence electrons. The van der Waals surface area contributed by atoms with Crippen LogP contribution in [-0.2, 0) is 0 Å². The number of benzene rings is 1. The summed E-state index contributed by atoms with van der Waals surface area (Å²) < 4.78 is 0. The largest absolute Gasteiger partial charge is 0.306 e. The van der Waals surface area contributed by atoms with Gasteiger partial charge in [-0.1, -0.05) is 62.4 Å². The molecule has 0 radical (unpaired) electrons. The fraction of sp³-hybridized carbons (Fsp3) is 0.400. The lowest BCUT2D eigenvalue weighted by Gasteiger charge is -2.39. The highest BCUT2D eigenvalue weighted by Gasteiger charge is 2.36. The van der Waals surface area contributed by atoms with E-state index in [9.17, 15) is 0 Å². The molecule has 2 heteroatoms. The van der Waals surface area contributed by atoms with Crippen molar-refractivity contribution < 1.29 is 0 Å². The molecule has 4 N–H and O–H groups in total. The highest BCUT2D eigenvalue weighted by atomic mass is 15.0. The van der Waals surface area contributed by atoms with E-state index in [-0.39, 0.29) is 0 Å². The maximum absolute atomic E-state index is 6.57. The van der Waals surface area contributed by atoms with Gasteiger partial charge in [-0.05, 0) is 54.4 Å². The molecule has 1 aromatic carbocycles. The van der Waals surface area contributed by atoms with Crippen LogP contribution in [0.5, 0.6) is 0 Å². The van der Waals surface area contributed by atoms with Crippen molar-refractivity contribution in [3.8, 4) is 0 Å². The maximum Gasteiger partial charge on any atom is 0.113 e. The van der Waals surface area contributed by atoms with Gasteiger partial charge in [0.2, 0.25) is 0 Å². The summed E-state index contributed by atoms with van der Waals surface area (Å²) in [7, 11) is 0. The number of hydrogen-bond donors (Lipinski definition) is 2. The molecular weight excluding hydrogens is 268 g/mol. The van der Waals surface area contributed by atoms with Gasteiger partial charge in [-0.15, -0.1) is 0 Å². The first kappa shape index (κ1) is 16.7. The van der Waals surface area contributed by atoms with Crippen LogP contribution in [0.4, 0.5) is 0 Å². The Kier molecular flexibility index (Phi) is 5.05. The maximum atomic E-state index is 6.57. The third-order valence-corrected chi connectivity index (χ3v) is 4.58. The van der Waals surface area contributed by atoms with Crippen LogP contribution in [0.1, 0.15) is 51.2 Å². The Morgan fingerprint density at radius 2 is 1.91 bits per heavy atom. The fourth-order valence-corrected chi connectivity index (χ4v) is 3.28. The third-order valence-electron chi connectivity index (χ3n) is 4.58. The molecule has 1 aliphatic carbocycles. The molecular formula is C20H28N2. The minimum absolute atomic E-state index is 0.452. The summed E-state index contributed by atoms with van der Waals surface area (Å²) in [5, 5.41) is 0. The highest BCUT2D eigenvalue weighted by Crippen LogP contribution is 2.39. The van der Waals surface area contributed by atoms with E-state index in [1.165, 1.54) is 5.57 Å². The second-order valence-electron chi connectivity index (χ2n) is 6.25. The normalized spacial score (nSPS) is 22.5. The second-order valence-corrected chi connectivity index (χ2v) is 6.25. The Morgan fingerprint density at radius 1 is 1.27 bits per heavy atom. The lowest BCUT2D eigenvalue weighted by Crippen LogP contribution is -2.55. The van der Waals surface area contributed by atoms with Crippen molar-refractivity contribution in [2.24, 2.45) is 17.4 Å². The summed E-state index contributed by atoms with van der Waals surface area (Å²) in [6.07, 6.45) is 7.47. The molecule has 1 aliphatic rings. The Labute approximate surface area is 134 Å². The predicted octanol–water partition coefficient (Wildman–Crippen LogP) is 4.48. The summed E-state index contributed by atoms with van der Waals surface area (Å²) in [5.74, 6) is 0.452. The first-order valence-electron chi connectivity index (χ1n) is 8.17. The molecule has 0 heterocycles. The highest BCUT2D eigenvalue weighted by molar-refractivity contribution is 5.78. The van der Waals surface area contributed by atoms with Crippen molar-refractivity contribution in [1.82, 2.24) is 0 Å². The molecule has 0 fully saturated rings. The smallest absolute Gasteiger partial charge is 0.113 e. The van der Waals surface area contributed by atoms with Crippen molar-refractivity contribution in [1.29, 1.82) is 0 Å². The van der Waals surface area contributed by atoms with Gasteiger partial charge >= 0.3 is 0 Å². The summed E-state index contributed by atoms with van der Waals surface area (Å²) >= 11 is 0. The molecule has 0 aromatic heterocycles. The monoisotopic (exact) mass is 296 g/mol. The molecule has 2 nitrogen and oxygen atoms in total. The average molecular weight is 296 g/mol. The Balaban J connectivity index is 2.44. The van der Waals surface area contributed by atoms with Crippen LogP contribution in [0.2, 0.25) is 0 Å². The predicted molar refractivity (Wildman–Crippen MR) is 97.0 cm³/mol. The SMILES string of the molecule is C=C(C)c1ccc(C2=CCC(CC)/C(=C\CC)C2(N)N)cc1. The zero-order chi connectivity index (χ0) is 16.3. The van der Waals surface area contributed by atoms with Crippen LogP contribution in [0.25, 0.3) is 11.1 Å². The summed E-state index contributed by atoms with van der Waals surface area (Å²) in [4.78, 5) is 0. The number of allylic oxidation sites excluding steroid dienone is 3. The van der Waals surface area contributed by atoms with Crippen LogP contribution in [-0.4, -0.2) is 5.66 Å². The quantitative estimate of drug-likeness (QED) is 0.635. The Hall–Kier alpha value is -1.64. The lowest BCUT2D eigenvalue weighted by atomic mass is 9.73. The molecule has 1 unspecified atom stereocenters. The van der Waals surface area contributed by atoms with Crippen molar-refractivity contribution in [2.45, 2.75) is 45.7 Å². The van der Waals surface area contributed by atoms with Gasteiger partial charge in [0.05, 0.1) is 0 Å². The Morgan fingerprint density at radius 3 is 2.41 bits per heavy atom. The van der Waals surface area contributed by atoms with E-state index in [4.69, 9.17) is 11.5 Å². The third kappa shape index (κ3) is 3.08. The molecule has 1 atom stereocenters. The second kappa shape index (κ2) is 6.64.